The number of ether oxygens (including phenoxy) is 1. The molecule has 26 heavy (non-hydrogen) atoms. The molecule has 1 unspecified atom stereocenters. The molecule has 5 nitrogen and oxygen atoms in total. The molecule has 0 spiro atoms. The first kappa shape index (κ1) is 20.4. The van der Waals surface area contributed by atoms with Crippen molar-refractivity contribution < 1.29 is 19.1 Å². The van der Waals surface area contributed by atoms with E-state index in [1.54, 1.807) is 42.6 Å². The fraction of sp³-hybridized carbons (Fsp3) is 0.278. The number of rotatable bonds is 8. The Morgan fingerprint density at radius 3 is 2.62 bits per heavy atom. The van der Waals surface area contributed by atoms with Crippen LogP contribution in [0.2, 0.25) is 10.0 Å². The molecule has 0 bridgehead atoms. The van der Waals surface area contributed by atoms with E-state index in [2.05, 4.69) is 5.32 Å². The molecule has 2 aromatic rings. The standard InChI is InChI=1S/C18H17Cl2NO4S/c1-11(13-5-4-12(19)9-14(13)20)21-17(23)10-25-18(24)7-6-15(22)16-3-2-8-26-16/h2-5,8-9,11H,6-7,10H2,1H3,(H,21,23). The van der Waals surface area contributed by atoms with E-state index in [1.165, 1.54) is 11.3 Å². The van der Waals surface area contributed by atoms with Gasteiger partial charge in [0.15, 0.2) is 12.4 Å². The molecule has 0 saturated carbocycles. The second-order valence-electron chi connectivity index (χ2n) is 5.52. The van der Waals surface area contributed by atoms with Gasteiger partial charge in [-0.05, 0) is 36.1 Å². The maximum Gasteiger partial charge on any atom is 0.306 e. The molecule has 2 rings (SSSR count). The normalized spacial score (nSPS) is 11.7. The SMILES string of the molecule is CC(NC(=O)COC(=O)CCC(=O)c1cccs1)c1ccc(Cl)cc1Cl. The van der Waals surface area contributed by atoms with Gasteiger partial charge in [0.05, 0.1) is 17.3 Å². The third-order valence-electron chi connectivity index (χ3n) is 3.52. The van der Waals surface area contributed by atoms with Crippen LogP contribution >= 0.6 is 34.5 Å². The molecule has 1 N–H and O–H groups in total. The van der Waals surface area contributed by atoms with Crippen molar-refractivity contribution >= 4 is 52.2 Å². The predicted molar refractivity (Wildman–Crippen MR) is 102 cm³/mol. The van der Waals surface area contributed by atoms with Crippen LogP contribution in [0.1, 0.15) is 41.0 Å². The third kappa shape index (κ3) is 6.12. The van der Waals surface area contributed by atoms with Crippen LogP contribution in [0, 0.1) is 0 Å². The number of esters is 1. The summed E-state index contributed by atoms with van der Waals surface area (Å²) in [5, 5.41) is 5.43. The van der Waals surface area contributed by atoms with Crippen LogP contribution in [0.25, 0.3) is 0 Å². The van der Waals surface area contributed by atoms with Gasteiger partial charge in [-0.1, -0.05) is 35.3 Å². The van der Waals surface area contributed by atoms with Crippen molar-refractivity contribution in [3.8, 4) is 0 Å². The Bertz CT molecular complexity index is 792. The fourth-order valence-corrected chi connectivity index (χ4v) is 3.47. The molecular weight excluding hydrogens is 397 g/mol. The van der Waals surface area contributed by atoms with E-state index >= 15 is 0 Å². The van der Waals surface area contributed by atoms with Crippen molar-refractivity contribution in [1.29, 1.82) is 0 Å². The molecule has 0 fully saturated rings. The molecule has 0 aliphatic heterocycles. The largest absolute Gasteiger partial charge is 0.456 e. The molecule has 138 valence electrons. The molecule has 0 saturated heterocycles. The van der Waals surface area contributed by atoms with Gasteiger partial charge in [0, 0.05) is 16.5 Å². The van der Waals surface area contributed by atoms with E-state index in [9.17, 15) is 14.4 Å². The van der Waals surface area contributed by atoms with Gasteiger partial charge in [-0.2, -0.15) is 0 Å². The summed E-state index contributed by atoms with van der Waals surface area (Å²) in [6, 6.07) is 8.09. The molecule has 0 radical (unpaired) electrons. The number of carbonyl (C=O) groups is 3. The highest BCUT2D eigenvalue weighted by molar-refractivity contribution is 7.12. The minimum Gasteiger partial charge on any atom is -0.456 e. The second-order valence-corrected chi connectivity index (χ2v) is 7.31. The van der Waals surface area contributed by atoms with Gasteiger partial charge < -0.3 is 10.1 Å². The fourth-order valence-electron chi connectivity index (χ4n) is 2.21. The Morgan fingerprint density at radius 2 is 1.96 bits per heavy atom. The van der Waals surface area contributed by atoms with E-state index < -0.39 is 18.5 Å². The van der Waals surface area contributed by atoms with Crippen molar-refractivity contribution in [2.75, 3.05) is 6.61 Å². The van der Waals surface area contributed by atoms with E-state index in [4.69, 9.17) is 27.9 Å². The van der Waals surface area contributed by atoms with Crippen LogP contribution in [0.15, 0.2) is 35.7 Å². The van der Waals surface area contributed by atoms with Crippen molar-refractivity contribution in [2.45, 2.75) is 25.8 Å². The molecule has 1 amide bonds. The minimum absolute atomic E-state index is 0.0533. The van der Waals surface area contributed by atoms with Gasteiger partial charge in [0.2, 0.25) is 0 Å². The molecule has 0 aliphatic rings. The maximum absolute atomic E-state index is 11.9. The van der Waals surface area contributed by atoms with Crippen LogP contribution in [-0.2, 0) is 14.3 Å². The lowest BCUT2D eigenvalue weighted by atomic mass is 10.1. The number of hydrogen-bond donors (Lipinski definition) is 1. The number of hydrogen-bond acceptors (Lipinski definition) is 5. The highest BCUT2D eigenvalue weighted by Gasteiger charge is 2.15. The quantitative estimate of drug-likeness (QED) is 0.512. The first-order chi connectivity index (χ1) is 12.4. The first-order valence-electron chi connectivity index (χ1n) is 7.83. The summed E-state index contributed by atoms with van der Waals surface area (Å²) in [5.74, 6) is -1.17. The summed E-state index contributed by atoms with van der Waals surface area (Å²) >= 11 is 13.3. The molecule has 1 aromatic heterocycles. The smallest absolute Gasteiger partial charge is 0.306 e. The van der Waals surface area contributed by atoms with Crippen LogP contribution in [0.5, 0.6) is 0 Å². The molecule has 1 heterocycles. The maximum atomic E-state index is 11.9. The summed E-state index contributed by atoms with van der Waals surface area (Å²) in [4.78, 5) is 36.0. The van der Waals surface area contributed by atoms with Crippen LogP contribution < -0.4 is 5.32 Å². The van der Waals surface area contributed by atoms with Gasteiger partial charge in [-0.25, -0.2) is 0 Å². The Balaban J connectivity index is 1.73. The number of nitrogens with one attached hydrogen (secondary N) is 1. The number of ketones is 1. The highest BCUT2D eigenvalue weighted by Crippen LogP contribution is 2.26. The van der Waals surface area contributed by atoms with Gasteiger partial charge in [0.1, 0.15) is 0 Å². The summed E-state index contributed by atoms with van der Waals surface area (Å²) in [6.07, 6.45) is -0.0136. The monoisotopic (exact) mass is 413 g/mol. The molecule has 8 heteroatoms. The van der Waals surface area contributed by atoms with Crippen molar-refractivity contribution in [2.24, 2.45) is 0 Å². The second kappa shape index (κ2) is 9.71. The van der Waals surface area contributed by atoms with E-state index in [-0.39, 0.29) is 24.7 Å². The lowest BCUT2D eigenvalue weighted by Gasteiger charge is -2.16. The van der Waals surface area contributed by atoms with Crippen molar-refractivity contribution in [3.05, 3.63) is 56.2 Å². The number of thiophene rings is 1. The lowest BCUT2D eigenvalue weighted by molar-refractivity contribution is -0.148. The molecular formula is C18H17Cl2NO4S. The Labute approximate surface area is 165 Å². The Morgan fingerprint density at radius 1 is 1.19 bits per heavy atom. The van der Waals surface area contributed by atoms with Gasteiger partial charge in [-0.15, -0.1) is 11.3 Å². The highest BCUT2D eigenvalue weighted by atomic mass is 35.5. The number of Topliss-reactive ketones (excluding diaryl/α,β-unsaturated/α-hetero) is 1. The average Bonchev–Trinajstić information content (AvgIpc) is 3.12. The molecule has 1 aromatic carbocycles. The summed E-state index contributed by atoms with van der Waals surface area (Å²) < 4.78 is 4.90. The lowest BCUT2D eigenvalue weighted by Crippen LogP contribution is -2.31. The molecule has 1 atom stereocenters. The number of amides is 1. The summed E-state index contributed by atoms with van der Waals surface area (Å²) in [7, 11) is 0. The van der Waals surface area contributed by atoms with Crippen LogP contribution in [0.3, 0.4) is 0 Å². The Hall–Kier alpha value is -1.89. The minimum atomic E-state index is -0.595. The zero-order valence-electron chi connectivity index (χ0n) is 14.0. The molecule has 0 aliphatic carbocycles. The van der Waals surface area contributed by atoms with Gasteiger partial charge in [0.25, 0.3) is 5.91 Å². The average molecular weight is 414 g/mol. The van der Waals surface area contributed by atoms with Crippen LogP contribution in [-0.4, -0.2) is 24.3 Å². The van der Waals surface area contributed by atoms with Crippen molar-refractivity contribution in [1.82, 2.24) is 5.32 Å². The number of benzene rings is 1. The Kier molecular flexibility index (Phi) is 7.63. The first-order valence-corrected chi connectivity index (χ1v) is 9.47. The van der Waals surface area contributed by atoms with Gasteiger partial charge >= 0.3 is 5.97 Å². The van der Waals surface area contributed by atoms with E-state index in [1.807, 2.05) is 0 Å². The summed E-state index contributed by atoms with van der Waals surface area (Å²) in [5.41, 5.74) is 0.706. The predicted octanol–water partition coefficient (Wildman–Crippen LogP) is 4.44. The number of halogens is 2. The topological polar surface area (TPSA) is 72.5 Å². The van der Waals surface area contributed by atoms with Crippen LogP contribution in [0.4, 0.5) is 0 Å². The number of carbonyl (C=O) groups excluding carboxylic acids is 3. The van der Waals surface area contributed by atoms with E-state index in [0.29, 0.717) is 20.5 Å². The van der Waals surface area contributed by atoms with Gasteiger partial charge in [-0.3, -0.25) is 14.4 Å². The summed E-state index contributed by atoms with van der Waals surface area (Å²) in [6.45, 7) is 1.34. The van der Waals surface area contributed by atoms with E-state index in [0.717, 1.165) is 0 Å². The third-order valence-corrected chi connectivity index (χ3v) is 5.00. The zero-order chi connectivity index (χ0) is 19.1. The zero-order valence-corrected chi connectivity index (χ0v) is 16.3. The van der Waals surface area contributed by atoms with Crippen molar-refractivity contribution in [3.63, 3.8) is 0 Å².